The molecular formula is C24H25N5O6. The van der Waals surface area contributed by atoms with E-state index in [1.807, 2.05) is 0 Å². The Labute approximate surface area is 201 Å². The van der Waals surface area contributed by atoms with E-state index in [0.29, 0.717) is 28.3 Å². The van der Waals surface area contributed by atoms with Gasteiger partial charge in [0.2, 0.25) is 0 Å². The predicted molar refractivity (Wildman–Crippen MR) is 128 cm³/mol. The summed E-state index contributed by atoms with van der Waals surface area (Å²) in [5.74, 6) is -0.281. The molecule has 0 radical (unpaired) electrons. The van der Waals surface area contributed by atoms with Gasteiger partial charge in [0.05, 0.1) is 17.7 Å². The molecule has 35 heavy (non-hydrogen) atoms. The van der Waals surface area contributed by atoms with Gasteiger partial charge in [0, 0.05) is 0 Å². The number of carbonyl (C=O) groups is 2. The third kappa shape index (κ3) is 5.52. The molecule has 3 rings (SSSR count). The van der Waals surface area contributed by atoms with E-state index >= 15 is 0 Å². The number of rotatable bonds is 8. The Morgan fingerprint density at radius 3 is 2.40 bits per heavy atom. The van der Waals surface area contributed by atoms with E-state index in [2.05, 4.69) is 15.6 Å². The van der Waals surface area contributed by atoms with Crippen LogP contribution in [0.4, 0.5) is 5.69 Å². The van der Waals surface area contributed by atoms with Crippen molar-refractivity contribution in [3.63, 3.8) is 0 Å². The number of benzene rings is 2. The molecule has 11 nitrogen and oxygen atoms in total. The molecule has 1 atom stereocenters. The highest BCUT2D eigenvalue weighted by molar-refractivity contribution is 5.99. The summed E-state index contributed by atoms with van der Waals surface area (Å²) < 4.78 is 11.9. The van der Waals surface area contributed by atoms with Crippen molar-refractivity contribution in [1.82, 2.24) is 15.2 Å². The van der Waals surface area contributed by atoms with Crippen LogP contribution in [0.5, 0.6) is 11.5 Å². The summed E-state index contributed by atoms with van der Waals surface area (Å²) in [6.45, 7) is 6.34. The Kier molecular flexibility index (Phi) is 7.59. The molecule has 0 bridgehead atoms. The Hall–Kier alpha value is -4.54. The number of hydrogen-bond donors (Lipinski definition) is 1. The third-order valence-corrected chi connectivity index (χ3v) is 5.36. The lowest BCUT2D eigenvalue weighted by Crippen LogP contribution is -2.29. The van der Waals surface area contributed by atoms with E-state index in [1.54, 1.807) is 69.3 Å². The van der Waals surface area contributed by atoms with E-state index in [0.717, 1.165) is 0 Å². The third-order valence-electron chi connectivity index (χ3n) is 5.36. The van der Waals surface area contributed by atoms with Crippen LogP contribution in [0.15, 0.2) is 53.6 Å². The molecule has 1 N–H and O–H groups in total. The summed E-state index contributed by atoms with van der Waals surface area (Å²) >= 11 is 0. The van der Waals surface area contributed by atoms with Crippen molar-refractivity contribution in [3.05, 3.63) is 81.2 Å². The zero-order chi connectivity index (χ0) is 25.7. The monoisotopic (exact) mass is 479 g/mol. The van der Waals surface area contributed by atoms with Gasteiger partial charge < -0.3 is 9.47 Å². The highest BCUT2D eigenvalue weighted by Gasteiger charge is 2.27. The Morgan fingerprint density at radius 2 is 1.80 bits per heavy atom. The number of esters is 1. The number of amides is 1. The molecular weight excluding hydrogens is 454 g/mol. The summed E-state index contributed by atoms with van der Waals surface area (Å²) in [4.78, 5) is 35.7. The number of hydrazone groups is 1. The first-order chi connectivity index (χ1) is 16.6. The molecule has 0 fully saturated rings. The normalized spacial score (nSPS) is 12.1. The minimum Gasteiger partial charge on any atom is -0.496 e. The number of nitro groups is 1. The van der Waals surface area contributed by atoms with E-state index in [-0.39, 0.29) is 17.1 Å². The first-order valence-corrected chi connectivity index (χ1v) is 10.6. The molecule has 0 saturated carbocycles. The maximum absolute atomic E-state index is 12.6. The van der Waals surface area contributed by atoms with Crippen molar-refractivity contribution >= 4 is 23.3 Å². The zero-order valence-electron chi connectivity index (χ0n) is 19.9. The number of methoxy groups -OCH3 is 1. The molecule has 11 heteroatoms. The van der Waals surface area contributed by atoms with Gasteiger partial charge in [-0.05, 0) is 69.7 Å². The van der Waals surface area contributed by atoms with Gasteiger partial charge in [-0.1, -0.05) is 12.1 Å². The molecule has 0 aliphatic heterocycles. The minimum atomic E-state index is -0.810. The number of nitrogens with zero attached hydrogens (tertiary/aromatic N) is 4. The quantitative estimate of drug-likeness (QED) is 0.171. The first-order valence-electron chi connectivity index (χ1n) is 10.6. The van der Waals surface area contributed by atoms with Crippen LogP contribution in [0.3, 0.4) is 0 Å². The first kappa shape index (κ1) is 25.1. The predicted octanol–water partition coefficient (Wildman–Crippen LogP) is 3.74. The molecule has 0 aliphatic carbocycles. The second kappa shape index (κ2) is 10.6. The van der Waals surface area contributed by atoms with E-state index < -0.39 is 22.8 Å². The van der Waals surface area contributed by atoms with Crippen molar-refractivity contribution in [1.29, 1.82) is 0 Å². The largest absolute Gasteiger partial charge is 0.496 e. The molecule has 1 heterocycles. The number of ether oxygens (including phenoxy) is 2. The Morgan fingerprint density at radius 1 is 1.14 bits per heavy atom. The van der Waals surface area contributed by atoms with E-state index in [1.165, 1.54) is 18.7 Å². The standard InChI is InChI=1S/C24H25N5O6/c1-14(25-26-23(30)17(4)28-16(3)22(29(32)33)15(2)27-28)18-10-12-19(13-11-18)35-24(31)20-8-6-7-9-21(20)34-5/h6-13,17H,1-5H3,(H,26,30)/b25-14+. The molecule has 0 saturated heterocycles. The van der Waals surface area contributed by atoms with Gasteiger partial charge in [-0.25, -0.2) is 10.2 Å². The van der Waals surface area contributed by atoms with Gasteiger partial charge in [0.15, 0.2) is 0 Å². The Balaban J connectivity index is 1.66. The molecule has 3 aromatic rings. The fraction of sp³-hybridized carbons (Fsp3) is 0.250. The van der Waals surface area contributed by atoms with Crippen molar-refractivity contribution in [2.45, 2.75) is 33.7 Å². The van der Waals surface area contributed by atoms with Gasteiger partial charge in [0.25, 0.3) is 5.91 Å². The lowest BCUT2D eigenvalue weighted by molar-refractivity contribution is -0.386. The topological polar surface area (TPSA) is 138 Å². The van der Waals surface area contributed by atoms with Crippen molar-refractivity contribution < 1.29 is 24.0 Å². The lowest BCUT2D eigenvalue weighted by Gasteiger charge is -2.12. The average molecular weight is 479 g/mol. The second-order valence-electron chi connectivity index (χ2n) is 7.68. The molecule has 0 aliphatic rings. The van der Waals surface area contributed by atoms with Crippen LogP contribution >= 0.6 is 0 Å². The molecule has 1 amide bonds. The summed E-state index contributed by atoms with van der Waals surface area (Å²) in [6, 6.07) is 12.6. The summed E-state index contributed by atoms with van der Waals surface area (Å²) in [7, 11) is 1.48. The number of nitrogens with one attached hydrogen (secondary N) is 1. The van der Waals surface area contributed by atoms with Crippen LogP contribution in [-0.4, -0.2) is 39.4 Å². The number of carbonyl (C=O) groups excluding carboxylic acids is 2. The highest BCUT2D eigenvalue weighted by Crippen LogP contribution is 2.25. The van der Waals surface area contributed by atoms with Crippen LogP contribution in [-0.2, 0) is 4.79 Å². The molecule has 1 aromatic heterocycles. The maximum Gasteiger partial charge on any atom is 0.347 e. The number of aromatic nitrogens is 2. The molecule has 0 spiro atoms. The summed E-state index contributed by atoms with van der Waals surface area (Å²) in [6.07, 6.45) is 0. The summed E-state index contributed by atoms with van der Waals surface area (Å²) in [5, 5.41) is 19.4. The van der Waals surface area contributed by atoms with Gasteiger partial charge in [0.1, 0.15) is 34.5 Å². The van der Waals surface area contributed by atoms with Crippen molar-refractivity contribution in [2.24, 2.45) is 5.10 Å². The van der Waals surface area contributed by atoms with Crippen molar-refractivity contribution in [3.8, 4) is 11.5 Å². The maximum atomic E-state index is 12.6. The smallest absolute Gasteiger partial charge is 0.347 e. The van der Waals surface area contributed by atoms with Gasteiger partial charge >= 0.3 is 11.7 Å². The summed E-state index contributed by atoms with van der Waals surface area (Å²) in [5.41, 5.74) is 4.38. The Bertz CT molecular complexity index is 1300. The highest BCUT2D eigenvalue weighted by atomic mass is 16.6. The molecule has 2 aromatic carbocycles. The van der Waals surface area contributed by atoms with E-state index in [4.69, 9.17) is 9.47 Å². The fourth-order valence-electron chi connectivity index (χ4n) is 3.44. The van der Waals surface area contributed by atoms with Gasteiger partial charge in [-0.15, -0.1) is 0 Å². The van der Waals surface area contributed by atoms with Crippen molar-refractivity contribution in [2.75, 3.05) is 7.11 Å². The van der Waals surface area contributed by atoms with Crippen LogP contribution in [0.1, 0.15) is 47.2 Å². The SMILES string of the molecule is COc1ccccc1C(=O)Oc1ccc(/C(C)=N/NC(=O)C(C)n2nc(C)c([N+](=O)[O-])c2C)cc1. The molecule has 1 unspecified atom stereocenters. The van der Waals surface area contributed by atoms with Crippen LogP contribution in [0.25, 0.3) is 0 Å². The second-order valence-corrected chi connectivity index (χ2v) is 7.68. The van der Waals surface area contributed by atoms with Gasteiger partial charge in [-0.3, -0.25) is 19.6 Å². The zero-order valence-corrected chi connectivity index (χ0v) is 19.9. The number of hydrogen-bond acceptors (Lipinski definition) is 8. The van der Waals surface area contributed by atoms with Crippen LogP contribution < -0.4 is 14.9 Å². The van der Waals surface area contributed by atoms with Crippen LogP contribution in [0, 0.1) is 24.0 Å². The fourth-order valence-corrected chi connectivity index (χ4v) is 3.44. The average Bonchev–Trinajstić information content (AvgIpc) is 3.15. The van der Waals surface area contributed by atoms with Crippen LogP contribution in [0.2, 0.25) is 0 Å². The lowest BCUT2D eigenvalue weighted by atomic mass is 10.1. The van der Waals surface area contributed by atoms with E-state index in [9.17, 15) is 19.7 Å². The molecule has 182 valence electrons. The minimum absolute atomic E-state index is 0.115. The number of para-hydroxylation sites is 1. The number of aryl methyl sites for hydroxylation is 1. The van der Waals surface area contributed by atoms with Gasteiger partial charge in [-0.2, -0.15) is 10.2 Å².